The number of likely N-dealkylation sites (tertiary alicyclic amines) is 1. The maximum Gasteiger partial charge on any atom is 0.238 e. The maximum absolute atomic E-state index is 12.2. The lowest BCUT2D eigenvalue weighted by Crippen LogP contribution is -2.38. The summed E-state index contributed by atoms with van der Waals surface area (Å²) in [5.41, 5.74) is 2.16. The monoisotopic (exact) mass is 331 g/mol. The van der Waals surface area contributed by atoms with Gasteiger partial charge in [0.2, 0.25) is 5.91 Å². The Kier molecular flexibility index (Phi) is 6.24. The summed E-state index contributed by atoms with van der Waals surface area (Å²) in [6, 6.07) is 8.22. The molecule has 3 rings (SSSR count). The van der Waals surface area contributed by atoms with Crippen LogP contribution in [-0.2, 0) is 16.1 Å². The Morgan fingerprint density at radius 3 is 2.42 bits per heavy atom. The lowest BCUT2D eigenvalue weighted by Gasteiger charge is -2.29. The summed E-state index contributed by atoms with van der Waals surface area (Å²) in [6.07, 6.45) is 2.40. The highest BCUT2D eigenvalue weighted by atomic mass is 16.5. The van der Waals surface area contributed by atoms with E-state index in [0.717, 1.165) is 57.5 Å². The molecule has 0 radical (unpaired) electrons. The van der Waals surface area contributed by atoms with Gasteiger partial charge in [0.25, 0.3) is 0 Å². The molecule has 2 saturated heterocycles. The molecule has 24 heavy (non-hydrogen) atoms. The molecule has 5 nitrogen and oxygen atoms in total. The molecular weight excluding hydrogens is 302 g/mol. The lowest BCUT2D eigenvalue weighted by atomic mass is 9.99. The van der Waals surface area contributed by atoms with Gasteiger partial charge in [-0.1, -0.05) is 19.1 Å². The average molecular weight is 331 g/mol. The second kappa shape index (κ2) is 8.60. The first-order valence-corrected chi connectivity index (χ1v) is 9.10. The minimum Gasteiger partial charge on any atom is -0.379 e. The van der Waals surface area contributed by atoms with Crippen molar-refractivity contribution in [2.24, 2.45) is 5.92 Å². The van der Waals surface area contributed by atoms with Crippen molar-refractivity contribution in [3.05, 3.63) is 29.8 Å². The number of anilines is 1. The fourth-order valence-corrected chi connectivity index (χ4v) is 3.33. The van der Waals surface area contributed by atoms with Crippen LogP contribution in [0.1, 0.15) is 25.3 Å². The molecule has 2 heterocycles. The van der Waals surface area contributed by atoms with Gasteiger partial charge in [-0.05, 0) is 49.5 Å². The van der Waals surface area contributed by atoms with E-state index in [1.807, 2.05) is 12.1 Å². The van der Waals surface area contributed by atoms with Crippen molar-refractivity contribution >= 4 is 11.6 Å². The fraction of sp³-hybridized carbons (Fsp3) is 0.632. The molecule has 0 spiro atoms. The van der Waals surface area contributed by atoms with Crippen LogP contribution in [0.5, 0.6) is 0 Å². The highest BCUT2D eigenvalue weighted by molar-refractivity contribution is 5.92. The molecule has 0 aliphatic carbocycles. The largest absolute Gasteiger partial charge is 0.379 e. The summed E-state index contributed by atoms with van der Waals surface area (Å²) < 4.78 is 5.38. The first-order chi connectivity index (χ1) is 11.7. The van der Waals surface area contributed by atoms with Crippen LogP contribution in [0.3, 0.4) is 0 Å². The molecule has 1 amide bonds. The topological polar surface area (TPSA) is 44.8 Å². The molecule has 0 unspecified atom stereocenters. The predicted octanol–water partition coefficient (Wildman–Crippen LogP) is 2.19. The molecular formula is C19H29N3O2. The molecule has 2 aliphatic heterocycles. The van der Waals surface area contributed by atoms with Gasteiger partial charge in [-0.25, -0.2) is 0 Å². The SMILES string of the molecule is CC1CCN(CC(=O)Nc2ccc(CN3CCOCC3)cc2)CC1. The summed E-state index contributed by atoms with van der Waals surface area (Å²) >= 11 is 0. The number of carbonyl (C=O) groups is 1. The van der Waals surface area contributed by atoms with Crippen LogP contribution in [0.2, 0.25) is 0 Å². The van der Waals surface area contributed by atoms with E-state index in [0.29, 0.717) is 6.54 Å². The highest BCUT2D eigenvalue weighted by Crippen LogP contribution is 2.16. The van der Waals surface area contributed by atoms with Crippen LogP contribution in [-0.4, -0.2) is 61.6 Å². The third-order valence-electron chi connectivity index (χ3n) is 4.99. The van der Waals surface area contributed by atoms with Crippen LogP contribution >= 0.6 is 0 Å². The van der Waals surface area contributed by atoms with Gasteiger partial charge < -0.3 is 10.1 Å². The van der Waals surface area contributed by atoms with Gasteiger partial charge in [0.1, 0.15) is 0 Å². The van der Waals surface area contributed by atoms with Crippen molar-refractivity contribution < 1.29 is 9.53 Å². The molecule has 132 valence electrons. The molecule has 0 bridgehead atoms. The van der Waals surface area contributed by atoms with E-state index in [9.17, 15) is 4.79 Å². The minimum atomic E-state index is 0.0884. The number of rotatable bonds is 5. The number of benzene rings is 1. The van der Waals surface area contributed by atoms with Crippen LogP contribution in [0.15, 0.2) is 24.3 Å². The first-order valence-electron chi connectivity index (χ1n) is 9.10. The minimum absolute atomic E-state index is 0.0884. The maximum atomic E-state index is 12.2. The van der Waals surface area contributed by atoms with Gasteiger partial charge >= 0.3 is 0 Å². The third kappa shape index (κ3) is 5.30. The van der Waals surface area contributed by atoms with Crippen molar-refractivity contribution in [2.75, 3.05) is 51.3 Å². The van der Waals surface area contributed by atoms with E-state index in [1.165, 1.54) is 18.4 Å². The lowest BCUT2D eigenvalue weighted by molar-refractivity contribution is -0.117. The van der Waals surface area contributed by atoms with E-state index in [4.69, 9.17) is 4.74 Å². The average Bonchev–Trinajstić information content (AvgIpc) is 2.60. The van der Waals surface area contributed by atoms with E-state index < -0.39 is 0 Å². The van der Waals surface area contributed by atoms with Gasteiger partial charge in [0.05, 0.1) is 19.8 Å². The van der Waals surface area contributed by atoms with Crippen LogP contribution < -0.4 is 5.32 Å². The van der Waals surface area contributed by atoms with Gasteiger partial charge in [0, 0.05) is 25.3 Å². The number of nitrogens with one attached hydrogen (secondary N) is 1. The second-order valence-corrected chi connectivity index (χ2v) is 7.09. The van der Waals surface area contributed by atoms with Crippen LogP contribution in [0, 0.1) is 5.92 Å². The molecule has 2 aliphatic rings. The number of ether oxygens (including phenoxy) is 1. The zero-order valence-electron chi connectivity index (χ0n) is 14.7. The van der Waals surface area contributed by atoms with E-state index >= 15 is 0 Å². The molecule has 5 heteroatoms. The number of carbonyl (C=O) groups excluding carboxylic acids is 1. The molecule has 0 saturated carbocycles. The Hall–Kier alpha value is -1.43. The zero-order valence-corrected chi connectivity index (χ0v) is 14.7. The number of piperidine rings is 1. The fourth-order valence-electron chi connectivity index (χ4n) is 3.33. The number of amides is 1. The second-order valence-electron chi connectivity index (χ2n) is 7.09. The smallest absolute Gasteiger partial charge is 0.238 e. The number of nitrogens with zero attached hydrogens (tertiary/aromatic N) is 2. The summed E-state index contributed by atoms with van der Waals surface area (Å²) in [5, 5.41) is 3.02. The summed E-state index contributed by atoms with van der Waals surface area (Å²) in [4.78, 5) is 16.8. The summed E-state index contributed by atoms with van der Waals surface area (Å²) in [5.74, 6) is 0.883. The quantitative estimate of drug-likeness (QED) is 0.898. The van der Waals surface area contributed by atoms with Gasteiger partial charge in [-0.15, -0.1) is 0 Å². The molecule has 1 N–H and O–H groups in total. The normalized spacial score (nSPS) is 20.9. The van der Waals surface area contributed by atoms with E-state index in [1.54, 1.807) is 0 Å². The standard InChI is InChI=1S/C19H29N3O2/c1-16-6-8-21(9-7-16)15-19(23)20-18-4-2-17(3-5-18)14-22-10-12-24-13-11-22/h2-5,16H,6-15H2,1H3,(H,20,23). The van der Waals surface area contributed by atoms with Crippen molar-refractivity contribution in [3.8, 4) is 0 Å². The van der Waals surface area contributed by atoms with Crippen molar-refractivity contribution in [3.63, 3.8) is 0 Å². The molecule has 2 fully saturated rings. The van der Waals surface area contributed by atoms with Crippen LogP contribution in [0.25, 0.3) is 0 Å². The Bertz CT molecular complexity index is 518. The summed E-state index contributed by atoms with van der Waals surface area (Å²) in [7, 11) is 0. The summed E-state index contributed by atoms with van der Waals surface area (Å²) in [6.45, 7) is 9.44. The van der Waals surface area contributed by atoms with E-state index in [-0.39, 0.29) is 5.91 Å². The first kappa shape index (κ1) is 17.4. The van der Waals surface area contributed by atoms with Gasteiger partial charge in [-0.2, -0.15) is 0 Å². The van der Waals surface area contributed by atoms with Gasteiger partial charge in [-0.3, -0.25) is 14.6 Å². The van der Waals surface area contributed by atoms with Gasteiger partial charge in [0.15, 0.2) is 0 Å². The number of hydrogen-bond acceptors (Lipinski definition) is 4. The van der Waals surface area contributed by atoms with Crippen molar-refractivity contribution in [1.82, 2.24) is 9.80 Å². The molecule has 1 aromatic carbocycles. The number of hydrogen-bond donors (Lipinski definition) is 1. The Morgan fingerprint density at radius 2 is 1.75 bits per heavy atom. The van der Waals surface area contributed by atoms with Crippen molar-refractivity contribution in [2.45, 2.75) is 26.3 Å². The Morgan fingerprint density at radius 1 is 1.08 bits per heavy atom. The van der Waals surface area contributed by atoms with Crippen LogP contribution in [0.4, 0.5) is 5.69 Å². The van der Waals surface area contributed by atoms with Crippen molar-refractivity contribution in [1.29, 1.82) is 0 Å². The van der Waals surface area contributed by atoms with E-state index in [2.05, 4.69) is 34.2 Å². The Balaban J connectivity index is 1.44. The highest BCUT2D eigenvalue weighted by Gasteiger charge is 2.18. The molecule has 0 atom stereocenters. The predicted molar refractivity (Wildman–Crippen MR) is 96.0 cm³/mol. The Labute approximate surface area is 145 Å². The number of morpholine rings is 1. The zero-order chi connectivity index (χ0) is 16.8. The molecule has 1 aromatic rings. The molecule has 0 aromatic heterocycles. The third-order valence-corrected chi connectivity index (χ3v) is 4.99.